The predicted molar refractivity (Wildman–Crippen MR) is 97.6 cm³/mol. The van der Waals surface area contributed by atoms with Gasteiger partial charge in [0.15, 0.2) is 17.3 Å². The Morgan fingerprint density at radius 3 is 2.46 bits per heavy atom. The number of anilines is 1. The van der Waals surface area contributed by atoms with Gasteiger partial charge in [-0.3, -0.25) is 9.59 Å². The van der Waals surface area contributed by atoms with Crippen molar-refractivity contribution in [2.24, 2.45) is 0 Å². The van der Waals surface area contributed by atoms with E-state index in [2.05, 4.69) is 5.32 Å². The first-order valence-electron chi connectivity index (χ1n) is 8.23. The van der Waals surface area contributed by atoms with Crippen molar-refractivity contribution in [2.45, 2.75) is 13.0 Å². The zero-order valence-electron chi connectivity index (χ0n) is 15.7. The summed E-state index contributed by atoms with van der Waals surface area (Å²) in [7, 11) is 6.94. The third-order valence-corrected chi connectivity index (χ3v) is 4.17. The van der Waals surface area contributed by atoms with Gasteiger partial charge < -0.3 is 24.5 Å². The SMILES string of the molecule is COc1cc2c(cc1OC)N(OC=O)C(C)C(=CNCCN(C)C)C2=O. The van der Waals surface area contributed by atoms with E-state index in [0.29, 0.717) is 41.3 Å². The van der Waals surface area contributed by atoms with E-state index >= 15 is 0 Å². The number of ketones is 1. The number of ether oxygens (including phenoxy) is 2. The lowest BCUT2D eigenvalue weighted by atomic mass is 9.92. The van der Waals surface area contributed by atoms with Crippen LogP contribution in [0.1, 0.15) is 17.3 Å². The number of methoxy groups -OCH3 is 2. The number of likely N-dealkylation sites (N-methyl/N-ethyl adjacent to an activating group) is 1. The minimum Gasteiger partial charge on any atom is -0.493 e. The summed E-state index contributed by atoms with van der Waals surface area (Å²) in [5, 5.41) is 4.53. The van der Waals surface area contributed by atoms with Gasteiger partial charge in [0.05, 0.1) is 31.5 Å². The highest BCUT2D eigenvalue weighted by Crippen LogP contribution is 2.40. The van der Waals surface area contributed by atoms with Gasteiger partial charge in [-0.15, -0.1) is 0 Å². The smallest absolute Gasteiger partial charge is 0.320 e. The standard InChI is InChI=1S/C18H25N3O5/c1-12-14(10-19-6-7-20(2)3)18(23)13-8-16(24-4)17(25-5)9-15(13)21(12)26-11-22/h8-12,19H,6-7H2,1-5H3. The average molecular weight is 363 g/mol. The van der Waals surface area contributed by atoms with Crippen LogP contribution in [0.25, 0.3) is 0 Å². The molecule has 1 heterocycles. The molecule has 1 N–H and O–H groups in total. The molecule has 0 saturated carbocycles. The predicted octanol–water partition coefficient (Wildman–Crippen LogP) is 1.22. The van der Waals surface area contributed by atoms with Crippen LogP contribution in [0.2, 0.25) is 0 Å². The minimum atomic E-state index is -0.454. The molecule has 0 fully saturated rings. The summed E-state index contributed by atoms with van der Waals surface area (Å²) in [6.07, 6.45) is 1.68. The van der Waals surface area contributed by atoms with E-state index in [-0.39, 0.29) is 5.78 Å². The van der Waals surface area contributed by atoms with Gasteiger partial charge in [0.1, 0.15) is 0 Å². The van der Waals surface area contributed by atoms with Crippen molar-refractivity contribution >= 4 is 17.9 Å². The number of fused-ring (bicyclic) bond motifs is 1. The van der Waals surface area contributed by atoms with Crippen LogP contribution in [-0.2, 0) is 9.63 Å². The summed E-state index contributed by atoms with van der Waals surface area (Å²) < 4.78 is 10.6. The van der Waals surface area contributed by atoms with Gasteiger partial charge in [-0.2, -0.15) is 5.06 Å². The van der Waals surface area contributed by atoms with Crippen molar-refractivity contribution in [1.82, 2.24) is 10.2 Å². The molecule has 0 spiro atoms. The molecule has 0 bridgehead atoms. The highest BCUT2D eigenvalue weighted by Gasteiger charge is 2.36. The van der Waals surface area contributed by atoms with Crippen molar-refractivity contribution in [3.05, 3.63) is 29.5 Å². The topological polar surface area (TPSA) is 80.3 Å². The van der Waals surface area contributed by atoms with Crippen molar-refractivity contribution in [3.8, 4) is 11.5 Å². The zero-order valence-corrected chi connectivity index (χ0v) is 15.7. The van der Waals surface area contributed by atoms with Crippen molar-refractivity contribution in [2.75, 3.05) is 46.5 Å². The van der Waals surface area contributed by atoms with Crippen molar-refractivity contribution in [1.29, 1.82) is 0 Å². The number of hydrogen-bond acceptors (Lipinski definition) is 8. The van der Waals surface area contributed by atoms with Crippen LogP contribution < -0.4 is 19.9 Å². The van der Waals surface area contributed by atoms with E-state index in [9.17, 15) is 9.59 Å². The number of benzene rings is 1. The normalized spacial score (nSPS) is 17.9. The van der Waals surface area contributed by atoms with E-state index < -0.39 is 6.04 Å². The Balaban J connectivity index is 2.44. The molecule has 1 unspecified atom stereocenters. The van der Waals surface area contributed by atoms with Crippen LogP contribution in [-0.4, -0.2) is 64.6 Å². The molecule has 1 aliphatic heterocycles. The Morgan fingerprint density at radius 1 is 1.23 bits per heavy atom. The van der Waals surface area contributed by atoms with Gasteiger partial charge in [-0.05, 0) is 27.1 Å². The summed E-state index contributed by atoms with van der Waals surface area (Å²) in [4.78, 5) is 31.1. The van der Waals surface area contributed by atoms with Crippen LogP contribution in [0.4, 0.5) is 5.69 Å². The molecule has 0 saturated heterocycles. The van der Waals surface area contributed by atoms with Crippen LogP contribution in [0.5, 0.6) is 11.5 Å². The number of nitrogens with one attached hydrogen (secondary N) is 1. The molecule has 26 heavy (non-hydrogen) atoms. The second-order valence-electron chi connectivity index (χ2n) is 6.11. The summed E-state index contributed by atoms with van der Waals surface area (Å²) in [6.45, 7) is 3.64. The average Bonchev–Trinajstić information content (AvgIpc) is 2.63. The van der Waals surface area contributed by atoms with Gasteiger partial charge in [-0.1, -0.05) is 0 Å². The lowest BCUT2D eigenvalue weighted by Crippen LogP contribution is -2.42. The molecule has 1 atom stereocenters. The molecule has 8 nitrogen and oxygen atoms in total. The number of hydroxylamine groups is 1. The molecule has 0 amide bonds. The number of nitrogens with zero attached hydrogens (tertiary/aromatic N) is 2. The van der Waals surface area contributed by atoms with Crippen LogP contribution in [0.3, 0.4) is 0 Å². The van der Waals surface area contributed by atoms with E-state index in [1.807, 2.05) is 19.0 Å². The van der Waals surface area contributed by atoms with E-state index in [1.54, 1.807) is 25.3 Å². The molecule has 8 heteroatoms. The van der Waals surface area contributed by atoms with Gasteiger partial charge in [-0.25, -0.2) is 0 Å². The lowest BCUT2D eigenvalue weighted by molar-refractivity contribution is -0.130. The Labute approximate surface area is 153 Å². The Hall–Kier alpha value is -2.74. The summed E-state index contributed by atoms with van der Waals surface area (Å²) in [6, 6.07) is 2.77. The number of hydrogen-bond donors (Lipinski definition) is 1. The maximum absolute atomic E-state index is 13.0. The molecule has 1 aromatic rings. The fourth-order valence-electron chi connectivity index (χ4n) is 2.76. The molecule has 142 valence electrons. The number of carbonyl (C=O) groups is 2. The fraction of sp³-hybridized carbons (Fsp3) is 0.444. The molecular weight excluding hydrogens is 338 g/mol. The third kappa shape index (κ3) is 3.91. The molecule has 1 aliphatic rings. The second kappa shape index (κ2) is 8.57. The largest absolute Gasteiger partial charge is 0.493 e. The molecule has 0 radical (unpaired) electrons. The molecule has 0 aromatic heterocycles. The fourth-order valence-corrected chi connectivity index (χ4v) is 2.76. The Kier molecular flexibility index (Phi) is 6.46. The monoisotopic (exact) mass is 363 g/mol. The first-order valence-corrected chi connectivity index (χ1v) is 8.23. The second-order valence-corrected chi connectivity index (χ2v) is 6.11. The van der Waals surface area contributed by atoms with Gasteiger partial charge in [0, 0.05) is 30.9 Å². The maximum Gasteiger partial charge on any atom is 0.320 e. The molecule has 2 rings (SSSR count). The lowest BCUT2D eigenvalue weighted by Gasteiger charge is -2.35. The number of rotatable bonds is 8. The van der Waals surface area contributed by atoms with E-state index in [4.69, 9.17) is 14.3 Å². The summed E-state index contributed by atoms with van der Waals surface area (Å²) in [5.41, 5.74) is 1.33. The zero-order chi connectivity index (χ0) is 19.3. The van der Waals surface area contributed by atoms with Crippen molar-refractivity contribution in [3.63, 3.8) is 0 Å². The maximum atomic E-state index is 13.0. The van der Waals surface area contributed by atoms with Gasteiger partial charge in [0.25, 0.3) is 0 Å². The quantitative estimate of drug-likeness (QED) is 0.420. The van der Waals surface area contributed by atoms with E-state index in [0.717, 1.165) is 6.54 Å². The Morgan fingerprint density at radius 2 is 1.88 bits per heavy atom. The molecular formula is C18H25N3O5. The van der Waals surface area contributed by atoms with Crippen LogP contribution in [0.15, 0.2) is 23.9 Å². The van der Waals surface area contributed by atoms with Crippen LogP contribution >= 0.6 is 0 Å². The molecule has 1 aromatic carbocycles. The highest BCUT2D eigenvalue weighted by molar-refractivity contribution is 6.15. The highest BCUT2D eigenvalue weighted by atomic mass is 16.7. The summed E-state index contributed by atoms with van der Waals surface area (Å²) in [5.74, 6) is 0.721. The first kappa shape index (κ1) is 19.6. The van der Waals surface area contributed by atoms with E-state index in [1.165, 1.54) is 19.3 Å². The Bertz CT molecular complexity index is 702. The third-order valence-electron chi connectivity index (χ3n) is 4.17. The van der Waals surface area contributed by atoms with Crippen LogP contribution in [0, 0.1) is 0 Å². The van der Waals surface area contributed by atoms with Gasteiger partial charge in [0.2, 0.25) is 0 Å². The first-order chi connectivity index (χ1) is 12.4. The van der Waals surface area contributed by atoms with Gasteiger partial charge >= 0.3 is 6.47 Å². The molecule has 0 aliphatic carbocycles. The summed E-state index contributed by atoms with van der Waals surface area (Å²) >= 11 is 0. The number of carbonyl (C=O) groups excluding carboxylic acids is 2. The van der Waals surface area contributed by atoms with Crippen molar-refractivity contribution < 1.29 is 23.9 Å². The number of Topliss-reactive ketones (excluding diaryl/α,β-unsaturated/α-hetero) is 1. The minimum absolute atomic E-state index is 0.156.